The summed E-state index contributed by atoms with van der Waals surface area (Å²) in [5, 5.41) is 0. The van der Waals surface area contributed by atoms with Crippen molar-refractivity contribution in [3.05, 3.63) is 0 Å². The number of carbonyl (C=O) groups is 1. The van der Waals surface area contributed by atoms with Gasteiger partial charge in [-0.2, -0.15) is 0 Å². The summed E-state index contributed by atoms with van der Waals surface area (Å²) >= 11 is 0. The molecule has 1 rings (SSSR count). The van der Waals surface area contributed by atoms with E-state index in [0.717, 1.165) is 38.3 Å². The summed E-state index contributed by atoms with van der Waals surface area (Å²) in [6.07, 6.45) is 3.12. The minimum Gasteiger partial charge on any atom is -0.342 e. The number of hydrogen-bond donors (Lipinski definition) is 1. The van der Waals surface area contributed by atoms with E-state index in [-0.39, 0.29) is 5.92 Å². The number of amides is 1. The fraction of sp³-hybridized carbons (Fsp3) is 0.909. The Kier molecular flexibility index (Phi) is 4.39. The summed E-state index contributed by atoms with van der Waals surface area (Å²) in [6.45, 7) is 6.72. The Balaban J connectivity index is 2.37. The maximum absolute atomic E-state index is 11.9. The van der Waals surface area contributed by atoms with Gasteiger partial charge in [0.05, 0.1) is 0 Å². The standard InChI is InChI=1S/C11H22N2O/c1-9-4-7-13(8-5-9)11(14)10(2)3-6-12/h9-10H,3-8,12H2,1-2H3. The fourth-order valence-electron chi connectivity index (χ4n) is 1.91. The third-order valence-electron chi connectivity index (χ3n) is 3.12. The quantitative estimate of drug-likeness (QED) is 0.741. The molecule has 0 aliphatic carbocycles. The van der Waals surface area contributed by atoms with Gasteiger partial charge in [0, 0.05) is 19.0 Å². The zero-order valence-corrected chi connectivity index (χ0v) is 9.33. The molecule has 14 heavy (non-hydrogen) atoms. The molecule has 1 amide bonds. The van der Waals surface area contributed by atoms with Gasteiger partial charge in [-0.15, -0.1) is 0 Å². The summed E-state index contributed by atoms with van der Waals surface area (Å²) < 4.78 is 0. The number of nitrogens with two attached hydrogens (primary N) is 1. The first kappa shape index (κ1) is 11.5. The van der Waals surface area contributed by atoms with Crippen molar-refractivity contribution in [3.8, 4) is 0 Å². The molecule has 0 aromatic heterocycles. The molecule has 1 fully saturated rings. The molecule has 0 aromatic rings. The van der Waals surface area contributed by atoms with E-state index in [0.29, 0.717) is 12.5 Å². The van der Waals surface area contributed by atoms with Crippen LogP contribution in [0.3, 0.4) is 0 Å². The van der Waals surface area contributed by atoms with E-state index in [1.807, 2.05) is 11.8 Å². The van der Waals surface area contributed by atoms with Crippen molar-refractivity contribution in [2.45, 2.75) is 33.1 Å². The molecule has 1 aliphatic heterocycles. The fourth-order valence-corrected chi connectivity index (χ4v) is 1.91. The molecule has 1 heterocycles. The van der Waals surface area contributed by atoms with E-state index in [2.05, 4.69) is 6.92 Å². The Morgan fingerprint density at radius 3 is 2.57 bits per heavy atom. The van der Waals surface area contributed by atoms with Gasteiger partial charge >= 0.3 is 0 Å². The summed E-state index contributed by atoms with van der Waals surface area (Å²) in [4.78, 5) is 13.9. The van der Waals surface area contributed by atoms with E-state index in [1.54, 1.807) is 0 Å². The molecular formula is C11H22N2O. The highest BCUT2D eigenvalue weighted by Crippen LogP contribution is 2.18. The molecule has 2 N–H and O–H groups in total. The van der Waals surface area contributed by atoms with Gasteiger partial charge in [0.15, 0.2) is 0 Å². The first-order valence-corrected chi connectivity index (χ1v) is 5.64. The topological polar surface area (TPSA) is 46.3 Å². The molecule has 0 aromatic carbocycles. The number of hydrogen-bond acceptors (Lipinski definition) is 2. The van der Waals surface area contributed by atoms with Crippen molar-refractivity contribution in [1.29, 1.82) is 0 Å². The van der Waals surface area contributed by atoms with Gasteiger partial charge in [-0.1, -0.05) is 13.8 Å². The van der Waals surface area contributed by atoms with Crippen LogP contribution in [-0.4, -0.2) is 30.4 Å². The lowest BCUT2D eigenvalue weighted by molar-refractivity contribution is -0.136. The van der Waals surface area contributed by atoms with Crippen LogP contribution in [0.1, 0.15) is 33.1 Å². The van der Waals surface area contributed by atoms with Gasteiger partial charge in [0.2, 0.25) is 5.91 Å². The SMILES string of the molecule is CC1CCN(C(=O)C(C)CCN)CC1. The van der Waals surface area contributed by atoms with Gasteiger partial charge < -0.3 is 10.6 Å². The Bertz CT molecular complexity index is 186. The maximum Gasteiger partial charge on any atom is 0.225 e. The van der Waals surface area contributed by atoms with Crippen molar-refractivity contribution in [1.82, 2.24) is 4.90 Å². The highest BCUT2D eigenvalue weighted by atomic mass is 16.2. The summed E-state index contributed by atoms with van der Waals surface area (Å²) in [5.74, 6) is 1.18. The van der Waals surface area contributed by atoms with E-state index in [9.17, 15) is 4.79 Å². The van der Waals surface area contributed by atoms with E-state index in [1.165, 1.54) is 0 Å². The van der Waals surface area contributed by atoms with E-state index < -0.39 is 0 Å². The summed E-state index contributed by atoms with van der Waals surface area (Å²) in [6, 6.07) is 0. The first-order chi connectivity index (χ1) is 6.65. The molecule has 3 heteroatoms. The molecule has 0 bridgehead atoms. The second-order valence-electron chi connectivity index (χ2n) is 4.49. The van der Waals surface area contributed by atoms with Gasteiger partial charge in [-0.3, -0.25) is 4.79 Å². The van der Waals surface area contributed by atoms with Crippen LogP contribution < -0.4 is 5.73 Å². The van der Waals surface area contributed by atoms with E-state index >= 15 is 0 Å². The summed E-state index contributed by atoms with van der Waals surface area (Å²) in [5.41, 5.74) is 5.45. The Hall–Kier alpha value is -0.570. The zero-order valence-electron chi connectivity index (χ0n) is 9.33. The van der Waals surface area contributed by atoms with E-state index in [4.69, 9.17) is 5.73 Å². The average Bonchev–Trinajstić information content (AvgIpc) is 2.18. The number of rotatable bonds is 3. The third kappa shape index (κ3) is 2.98. The number of piperidine rings is 1. The molecule has 3 nitrogen and oxygen atoms in total. The predicted molar refractivity (Wildman–Crippen MR) is 57.8 cm³/mol. The van der Waals surface area contributed by atoms with Gasteiger partial charge in [0.25, 0.3) is 0 Å². The van der Waals surface area contributed by atoms with Gasteiger partial charge in [-0.05, 0) is 31.7 Å². The van der Waals surface area contributed by atoms with Crippen LogP contribution in [0.2, 0.25) is 0 Å². The minimum absolute atomic E-state index is 0.105. The van der Waals surface area contributed by atoms with Crippen LogP contribution in [-0.2, 0) is 4.79 Å². The minimum atomic E-state index is 0.105. The second kappa shape index (κ2) is 5.35. The highest BCUT2D eigenvalue weighted by Gasteiger charge is 2.23. The lowest BCUT2D eigenvalue weighted by Gasteiger charge is -2.32. The molecule has 0 spiro atoms. The van der Waals surface area contributed by atoms with Gasteiger partial charge in [0.1, 0.15) is 0 Å². The Morgan fingerprint density at radius 1 is 1.50 bits per heavy atom. The monoisotopic (exact) mass is 198 g/mol. The number of likely N-dealkylation sites (tertiary alicyclic amines) is 1. The number of nitrogens with zero attached hydrogens (tertiary/aromatic N) is 1. The van der Waals surface area contributed by atoms with Crippen molar-refractivity contribution >= 4 is 5.91 Å². The smallest absolute Gasteiger partial charge is 0.225 e. The third-order valence-corrected chi connectivity index (χ3v) is 3.12. The average molecular weight is 198 g/mol. The lowest BCUT2D eigenvalue weighted by atomic mass is 9.97. The van der Waals surface area contributed by atoms with Crippen LogP contribution in [0.5, 0.6) is 0 Å². The molecule has 1 aliphatic rings. The maximum atomic E-state index is 11.9. The zero-order chi connectivity index (χ0) is 10.6. The Morgan fingerprint density at radius 2 is 2.07 bits per heavy atom. The summed E-state index contributed by atoms with van der Waals surface area (Å²) in [7, 11) is 0. The van der Waals surface area contributed by atoms with Crippen molar-refractivity contribution in [2.75, 3.05) is 19.6 Å². The van der Waals surface area contributed by atoms with Crippen molar-refractivity contribution in [2.24, 2.45) is 17.6 Å². The number of carbonyl (C=O) groups excluding carboxylic acids is 1. The molecule has 0 radical (unpaired) electrons. The molecule has 82 valence electrons. The van der Waals surface area contributed by atoms with Crippen LogP contribution >= 0.6 is 0 Å². The van der Waals surface area contributed by atoms with Crippen molar-refractivity contribution in [3.63, 3.8) is 0 Å². The normalized spacial score (nSPS) is 20.9. The second-order valence-corrected chi connectivity index (χ2v) is 4.49. The molecular weight excluding hydrogens is 176 g/mol. The molecule has 1 unspecified atom stereocenters. The first-order valence-electron chi connectivity index (χ1n) is 5.64. The lowest BCUT2D eigenvalue weighted by Crippen LogP contribution is -2.41. The van der Waals surface area contributed by atoms with Crippen molar-refractivity contribution < 1.29 is 4.79 Å². The van der Waals surface area contributed by atoms with Crippen LogP contribution in [0, 0.1) is 11.8 Å². The predicted octanol–water partition coefficient (Wildman–Crippen LogP) is 1.23. The van der Waals surface area contributed by atoms with Crippen LogP contribution in [0.4, 0.5) is 0 Å². The van der Waals surface area contributed by atoms with Crippen LogP contribution in [0.25, 0.3) is 0 Å². The molecule has 1 saturated heterocycles. The van der Waals surface area contributed by atoms with Gasteiger partial charge in [-0.25, -0.2) is 0 Å². The van der Waals surface area contributed by atoms with Crippen LogP contribution in [0.15, 0.2) is 0 Å². The largest absolute Gasteiger partial charge is 0.342 e. The highest BCUT2D eigenvalue weighted by molar-refractivity contribution is 5.78. The molecule has 1 atom stereocenters. The Labute approximate surface area is 86.6 Å². The molecule has 0 saturated carbocycles.